The smallest absolute Gasteiger partial charge is 0.337 e. The van der Waals surface area contributed by atoms with Gasteiger partial charge in [0.2, 0.25) is 11.9 Å². The number of urea groups is 1. The van der Waals surface area contributed by atoms with Crippen LogP contribution in [-0.4, -0.2) is 39.8 Å². The van der Waals surface area contributed by atoms with Gasteiger partial charge >= 0.3 is 12.0 Å². The van der Waals surface area contributed by atoms with Gasteiger partial charge in [0, 0.05) is 0 Å². The van der Waals surface area contributed by atoms with E-state index in [1.807, 2.05) is 0 Å². The Morgan fingerprint density at radius 3 is 2.68 bits per heavy atom. The third-order valence-electron chi connectivity index (χ3n) is 2.23. The number of nitrogens with one attached hydrogen (secondary N) is 3. The summed E-state index contributed by atoms with van der Waals surface area (Å²) >= 11 is 0. The molecule has 0 spiro atoms. The van der Waals surface area contributed by atoms with Crippen LogP contribution in [0, 0.1) is 5.92 Å². The molecule has 1 atom stereocenters. The monoisotopic (exact) mass is 270 g/mol. The number of rotatable bonds is 6. The summed E-state index contributed by atoms with van der Waals surface area (Å²) in [5.74, 6) is -0.417. The predicted molar refractivity (Wildman–Crippen MR) is 67.5 cm³/mol. The molecule has 3 amide bonds. The molecule has 0 aliphatic carbocycles. The largest absolute Gasteiger partial charge is 0.463 e. The van der Waals surface area contributed by atoms with Gasteiger partial charge in [-0.1, -0.05) is 13.8 Å². The number of carbonyl (C=O) groups is 2. The summed E-state index contributed by atoms with van der Waals surface area (Å²) in [7, 11) is 0. The van der Waals surface area contributed by atoms with Gasteiger partial charge in [0.05, 0.1) is 6.61 Å². The van der Waals surface area contributed by atoms with Gasteiger partial charge in [0.25, 0.3) is 0 Å². The normalized spacial score (nSPS) is 12.0. The minimum absolute atomic E-state index is 0.123. The molecule has 0 radical (unpaired) electrons. The minimum Gasteiger partial charge on any atom is -0.463 e. The molecule has 0 saturated heterocycles. The third-order valence-corrected chi connectivity index (χ3v) is 2.23. The second-order valence-corrected chi connectivity index (χ2v) is 4.12. The molecular formula is C10H18N6O3. The first-order chi connectivity index (χ1) is 8.93. The molecule has 9 heteroatoms. The van der Waals surface area contributed by atoms with Gasteiger partial charge in [-0.3, -0.25) is 10.1 Å². The summed E-state index contributed by atoms with van der Waals surface area (Å²) in [5.41, 5.74) is 5.02. The first-order valence-electron chi connectivity index (χ1n) is 5.86. The second kappa shape index (κ2) is 6.57. The average molecular weight is 270 g/mol. The molecule has 1 heterocycles. The average Bonchev–Trinajstić information content (AvgIpc) is 2.73. The van der Waals surface area contributed by atoms with Crippen LogP contribution < -0.4 is 21.1 Å². The molecule has 0 aliphatic rings. The van der Waals surface area contributed by atoms with E-state index in [0.717, 1.165) is 0 Å². The Bertz CT molecular complexity index is 444. The fourth-order valence-corrected chi connectivity index (χ4v) is 1.38. The van der Waals surface area contributed by atoms with Gasteiger partial charge in [-0.25, -0.2) is 9.89 Å². The van der Waals surface area contributed by atoms with Crippen molar-refractivity contribution in [3.63, 3.8) is 0 Å². The first kappa shape index (κ1) is 14.7. The molecule has 1 aromatic rings. The zero-order valence-electron chi connectivity index (χ0n) is 11.1. The van der Waals surface area contributed by atoms with Gasteiger partial charge in [-0.05, 0) is 12.8 Å². The molecule has 0 aromatic carbocycles. The summed E-state index contributed by atoms with van der Waals surface area (Å²) in [5, 5.41) is 11.1. The van der Waals surface area contributed by atoms with E-state index in [4.69, 9.17) is 10.5 Å². The maximum Gasteiger partial charge on any atom is 0.337 e. The van der Waals surface area contributed by atoms with E-state index in [2.05, 4.69) is 25.8 Å². The van der Waals surface area contributed by atoms with E-state index in [0.29, 0.717) is 6.61 Å². The number of nitrogens with zero attached hydrogens (tertiary/aromatic N) is 2. The van der Waals surface area contributed by atoms with Crippen LogP contribution in [0.3, 0.4) is 0 Å². The quantitative estimate of drug-likeness (QED) is 0.569. The van der Waals surface area contributed by atoms with Crippen LogP contribution >= 0.6 is 0 Å². The standard InChI is InChI=1S/C10H18N6O3/c1-4-19-10-14-9(15-16-10)13-7(17)6(5(2)3)12-8(11)18/h5-6H,4H2,1-3H3,(H3,11,12,18)(H2,13,14,15,16,17). The van der Waals surface area contributed by atoms with Gasteiger partial charge in [0.1, 0.15) is 6.04 Å². The lowest BCUT2D eigenvalue weighted by molar-refractivity contribution is -0.118. The maximum absolute atomic E-state index is 11.9. The molecule has 0 fully saturated rings. The number of hydrogen-bond acceptors (Lipinski definition) is 5. The number of H-pyrrole nitrogens is 1. The molecular weight excluding hydrogens is 252 g/mol. The third kappa shape index (κ3) is 4.45. The molecule has 0 saturated carbocycles. The van der Waals surface area contributed by atoms with Crippen LogP contribution in [0.5, 0.6) is 6.01 Å². The Hall–Kier alpha value is -2.32. The predicted octanol–water partition coefficient (Wildman–Crippen LogP) is -0.165. The highest BCUT2D eigenvalue weighted by Gasteiger charge is 2.24. The summed E-state index contributed by atoms with van der Waals surface area (Å²) in [4.78, 5) is 26.7. The molecule has 1 unspecified atom stereocenters. The highest BCUT2D eigenvalue weighted by atomic mass is 16.5. The first-order valence-corrected chi connectivity index (χ1v) is 5.86. The molecule has 1 rings (SSSR count). The van der Waals surface area contributed by atoms with Crippen molar-refractivity contribution < 1.29 is 14.3 Å². The number of carbonyl (C=O) groups excluding carboxylic acids is 2. The van der Waals surface area contributed by atoms with E-state index in [1.165, 1.54) is 0 Å². The molecule has 106 valence electrons. The van der Waals surface area contributed by atoms with Crippen molar-refractivity contribution in [3.05, 3.63) is 0 Å². The van der Waals surface area contributed by atoms with E-state index in [9.17, 15) is 9.59 Å². The van der Waals surface area contributed by atoms with Crippen LogP contribution in [0.1, 0.15) is 20.8 Å². The molecule has 5 N–H and O–H groups in total. The molecule has 19 heavy (non-hydrogen) atoms. The van der Waals surface area contributed by atoms with E-state index in [1.54, 1.807) is 20.8 Å². The summed E-state index contributed by atoms with van der Waals surface area (Å²) in [6.07, 6.45) is 0. The highest BCUT2D eigenvalue weighted by Crippen LogP contribution is 2.08. The lowest BCUT2D eigenvalue weighted by atomic mass is 10.0. The van der Waals surface area contributed by atoms with Crippen LogP contribution in [0.15, 0.2) is 0 Å². The van der Waals surface area contributed by atoms with Crippen molar-refractivity contribution in [2.24, 2.45) is 11.7 Å². The maximum atomic E-state index is 11.9. The van der Waals surface area contributed by atoms with Crippen molar-refractivity contribution in [2.45, 2.75) is 26.8 Å². The number of ether oxygens (including phenoxy) is 1. The zero-order chi connectivity index (χ0) is 14.4. The summed E-state index contributed by atoms with van der Waals surface area (Å²) in [6, 6.07) is -1.37. The van der Waals surface area contributed by atoms with Crippen molar-refractivity contribution in [3.8, 4) is 6.01 Å². The topological polar surface area (TPSA) is 135 Å². The zero-order valence-corrected chi connectivity index (χ0v) is 11.1. The van der Waals surface area contributed by atoms with Gasteiger partial charge in [-0.15, -0.1) is 5.10 Å². The molecule has 9 nitrogen and oxygen atoms in total. The van der Waals surface area contributed by atoms with Crippen LogP contribution in [0.25, 0.3) is 0 Å². The molecule has 1 aromatic heterocycles. The van der Waals surface area contributed by atoms with Gasteiger partial charge in [-0.2, -0.15) is 4.98 Å². The van der Waals surface area contributed by atoms with Crippen LogP contribution in [-0.2, 0) is 4.79 Å². The van der Waals surface area contributed by atoms with Crippen molar-refractivity contribution in [1.82, 2.24) is 20.5 Å². The number of anilines is 1. The van der Waals surface area contributed by atoms with Crippen molar-refractivity contribution >= 4 is 17.9 Å². The van der Waals surface area contributed by atoms with Crippen LogP contribution in [0.4, 0.5) is 10.7 Å². The number of aromatic amines is 1. The van der Waals surface area contributed by atoms with E-state index < -0.39 is 18.0 Å². The Labute approximate surface area is 110 Å². The summed E-state index contributed by atoms with van der Waals surface area (Å²) < 4.78 is 5.05. The Morgan fingerprint density at radius 1 is 1.47 bits per heavy atom. The SMILES string of the molecule is CCOc1n[nH]c(NC(=O)C(NC(N)=O)C(C)C)n1. The molecule has 0 bridgehead atoms. The van der Waals surface area contributed by atoms with Crippen LogP contribution in [0.2, 0.25) is 0 Å². The lowest BCUT2D eigenvalue weighted by Crippen LogP contribution is -2.49. The second-order valence-electron chi connectivity index (χ2n) is 4.12. The Morgan fingerprint density at radius 2 is 2.16 bits per heavy atom. The number of amides is 3. The van der Waals surface area contributed by atoms with Gasteiger partial charge in [0.15, 0.2) is 0 Å². The summed E-state index contributed by atoms with van der Waals surface area (Å²) in [6.45, 7) is 5.78. The number of nitrogens with two attached hydrogens (primary N) is 1. The Kier molecular flexibility index (Phi) is 5.10. The fourth-order valence-electron chi connectivity index (χ4n) is 1.38. The molecule has 0 aliphatic heterocycles. The van der Waals surface area contributed by atoms with Crippen molar-refractivity contribution in [2.75, 3.05) is 11.9 Å². The minimum atomic E-state index is -0.763. The number of aromatic nitrogens is 3. The van der Waals surface area contributed by atoms with E-state index >= 15 is 0 Å². The number of hydrogen-bond donors (Lipinski definition) is 4. The van der Waals surface area contributed by atoms with Crippen molar-refractivity contribution in [1.29, 1.82) is 0 Å². The number of primary amides is 1. The lowest BCUT2D eigenvalue weighted by Gasteiger charge is -2.19. The van der Waals surface area contributed by atoms with E-state index in [-0.39, 0.29) is 17.9 Å². The Balaban J connectivity index is 2.67. The van der Waals surface area contributed by atoms with Gasteiger partial charge < -0.3 is 15.8 Å². The fraction of sp³-hybridized carbons (Fsp3) is 0.600. The highest BCUT2D eigenvalue weighted by molar-refractivity contribution is 5.95.